The minimum absolute atomic E-state index is 0.421. The van der Waals surface area contributed by atoms with Crippen LogP contribution in [0.3, 0.4) is 0 Å². The number of allylic oxidation sites excluding steroid dienone is 2. The monoisotopic (exact) mass is 138 g/mol. The molecule has 0 aromatic heterocycles. The van der Waals surface area contributed by atoms with Crippen molar-refractivity contribution in [3.8, 4) is 0 Å². The van der Waals surface area contributed by atoms with Crippen molar-refractivity contribution in [1.29, 1.82) is 0 Å². The van der Waals surface area contributed by atoms with Gasteiger partial charge in [-0.1, -0.05) is 39.3 Å². The van der Waals surface area contributed by atoms with Crippen LogP contribution in [0, 0.1) is 11.3 Å². The summed E-state index contributed by atoms with van der Waals surface area (Å²) in [7, 11) is 0. The van der Waals surface area contributed by atoms with Gasteiger partial charge in [0.1, 0.15) is 0 Å². The van der Waals surface area contributed by atoms with E-state index in [9.17, 15) is 0 Å². The third-order valence-corrected chi connectivity index (χ3v) is 2.30. The molecule has 58 valence electrons. The maximum atomic E-state index is 2.42. The Morgan fingerprint density at radius 1 is 1.40 bits per heavy atom. The normalized spacial score (nSPS) is 26.8. The second-order valence-corrected chi connectivity index (χ2v) is 4.52. The van der Waals surface area contributed by atoms with E-state index in [1.807, 2.05) is 0 Å². The molecule has 0 amide bonds. The van der Waals surface area contributed by atoms with Crippen LogP contribution in [0.5, 0.6) is 0 Å². The first kappa shape index (κ1) is 7.84. The second kappa shape index (κ2) is 2.41. The zero-order valence-electron chi connectivity index (χ0n) is 7.57. The van der Waals surface area contributed by atoms with Gasteiger partial charge in [0.2, 0.25) is 0 Å². The van der Waals surface area contributed by atoms with Crippen LogP contribution in [0.25, 0.3) is 0 Å². The summed E-state index contributed by atoms with van der Waals surface area (Å²) in [6.07, 6.45) is 5.04. The average molecular weight is 138 g/mol. The Hall–Kier alpha value is -0.260. The summed E-state index contributed by atoms with van der Waals surface area (Å²) in [4.78, 5) is 0. The Labute approximate surface area is 64.3 Å². The Balaban J connectivity index is 2.60. The molecule has 0 saturated heterocycles. The SMILES string of the molecule is C[C@@H]1CC=C(C(C)(C)C)C1. The molecule has 1 atom stereocenters. The van der Waals surface area contributed by atoms with E-state index in [4.69, 9.17) is 0 Å². The molecule has 0 N–H and O–H groups in total. The minimum Gasteiger partial charge on any atom is -0.0845 e. The zero-order chi connectivity index (χ0) is 7.78. The molecule has 10 heavy (non-hydrogen) atoms. The van der Waals surface area contributed by atoms with E-state index >= 15 is 0 Å². The smallest absolute Gasteiger partial charge is 0.0173 e. The van der Waals surface area contributed by atoms with Crippen molar-refractivity contribution in [3.63, 3.8) is 0 Å². The summed E-state index contributed by atoms with van der Waals surface area (Å²) >= 11 is 0. The van der Waals surface area contributed by atoms with Crippen molar-refractivity contribution in [2.75, 3.05) is 0 Å². The summed E-state index contributed by atoms with van der Waals surface area (Å²) < 4.78 is 0. The van der Waals surface area contributed by atoms with Gasteiger partial charge in [0.25, 0.3) is 0 Å². The topological polar surface area (TPSA) is 0 Å². The van der Waals surface area contributed by atoms with Crippen molar-refractivity contribution in [3.05, 3.63) is 11.6 Å². The van der Waals surface area contributed by atoms with E-state index in [2.05, 4.69) is 33.8 Å². The summed E-state index contributed by atoms with van der Waals surface area (Å²) in [6.45, 7) is 9.24. The molecule has 0 saturated carbocycles. The molecule has 0 nitrogen and oxygen atoms in total. The molecule has 0 heteroatoms. The average Bonchev–Trinajstić information content (AvgIpc) is 2.11. The fourth-order valence-corrected chi connectivity index (χ4v) is 1.50. The molecular weight excluding hydrogens is 120 g/mol. The van der Waals surface area contributed by atoms with Gasteiger partial charge in [-0.2, -0.15) is 0 Å². The predicted molar refractivity (Wildman–Crippen MR) is 45.9 cm³/mol. The van der Waals surface area contributed by atoms with Gasteiger partial charge in [-0.3, -0.25) is 0 Å². The molecule has 0 fully saturated rings. The van der Waals surface area contributed by atoms with Gasteiger partial charge in [0.15, 0.2) is 0 Å². The lowest BCUT2D eigenvalue weighted by Crippen LogP contribution is -2.07. The maximum Gasteiger partial charge on any atom is -0.0173 e. The molecule has 1 aliphatic carbocycles. The highest BCUT2D eigenvalue weighted by molar-refractivity contribution is 5.16. The highest BCUT2D eigenvalue weighted by atomic mass is 14.3. The van der Waals surface area contributed by atoms with Crippen LogP contribution < -0.4 is 0 Å². The molecule has 0 heterocycles. The minimum atomic E-state index is 0.421. The van der Waals surface area contributed by atoms with Crippen molar-refractivity contribution < 1.29 is 0 Å². The largest absolute Gasteiger partial charge is 0.0845 e. The maximum absolute atomic E-state index is 2.42. The van der Waals surface area contributed by atoms with Crippen LogP contribution in [0.2, 0.25) is 0 Å². The van der Waals surface area contributed by atoms with E-state index in [0.29, 0.717) is 5.41 Å². The summed E-state index contributed by atoms with van der Waals surface area (Å²) in [5.41, 5.74) is 2.07. The Morgan fingerprint density at radius 3 is 2.20 bits per heavy atom. The number of rotatable bonds is 0. The zero-order valence-corrected chi connectivity index (χ0v) is 7.57. The fraction of sp³-hybridized carbons (Fsp3) is 0.800. The summed E-state index contributed by atoms with van der Waals surface area (Å²) in [6, 6.07) is 0. The van der Waals surface area contributed by atoms with E-state index < -0.39 is 0 Å². The third kappa shape index (κ3) is 1.62. The first-order valence-electron chi connectivity index (χ1n) is 4.19. The molecule has 0 aliphatic heterocycles. The van der Waals surface area contributed by atoms with Gasteiger partial charge < -0.3 is 0 Å². The summed E-state index contributed by atoms with van der Waals surface area (Å²) in [5, 5.41) is 0. The molecule has 1 rings (SSSR count). The standard InChI is InChI=1S/C10H18/c1-8-5-6-9(7-8)10(2,3)4/h6,8H,5,7H2,1-4H3/t8-/m1/s1. The predicted octanol–water partition coefficient (Wildman–Crippen LogP) is 3.39. The summed E-state index contributed by atoms with van der Waals surface area (Å²) in [5.74, 6) is 0.897. The lowest BCUT2D eigenvalue weighted by Gasteiger charge is -2.20. The van der Waals surface area contributed by atoms with Gasteiger partial charge in [0, 0.05) is 0 Å². The number of hydrogen-bond acceptors (Lipinski definition) is 0. The highest BCUT2D eigenvalue weighted by Crippen LogP contribution is 2.36. The van der Waals surface area contributed by atoms with Crippen molar-refractivity contribution in [1.82, 2.24) is 0 Å². The van der Waals surface area contributed by atoms with Gasteiger partial charge in [-0.05, 0) is 24.2 Å². The number of hydrogen-bond donors (Lipinski definition) is 0. The first-order chi connectivity index (χ1) is 4.50. The van der Waals surface area contributed by atoms with Crippen LogP contribution in [0.1, 0.15) is 40.5 Å². The Kier molecular flexibility index (Phi) is 1.89. The molecule has 1 aliphatic rings. The molecule has 0 unspecified atom stereocenters. The van der Waals surface area contributed by atoms with Crippen LogP contribution in [-0.4, -0.2) is 0 Å². The van der Waals surface area contributed by atoms with Gasteiger partial charge >= 0.3 is 0 Å². The molecule has 0 aromatic carbocycles. The van der Waals surface area contributed by atoms with Gasteiger partial charge in [-0.25, -0.2) is 0 Å². The lowest BCUT2D eigenvalue weighted by molar-refractivity contribution is 0.469. The molecule has 0 bridgehead atoms. The van der Waals surface area contributed by atoms with Crippen LogP contribution in [0.15, 0.2) is 11.6 Å². The van der Waals surface area contributed by atoms with Gasteiger partial charge in [-0.15, -0.1) is 0 Å². The van der Waals surface area contributed by atoms with E-state index in [-0.39, 0.29) is 0 Å². The molecular formula is C10H18. The molecule has 0 radical (unpaired) electrons. The highest BCUT2D eigenvalue weighted by Gasteiger charge is 2.22. The van der Waals surface area contributed by atoms with Crippen LogP contribution >= 0.6 is 0 Å². The lowest BCUT2D eigenvalue weighted by atomic mass is 9.85. The van der Waals surface area contributed by atoms with E-state index in [1.54, 1.807) is 5.57 Å². The van der Waals surface area contributed by atoms with Crippen molar-refractivity contribution >= 4 is 0 Å². The van der Waals surface area contributed by atoms with Crippen LogP contribution in [-0.2, 0) is 0 Å². The third-order valence-electron chi connectivity index (χ3n) is 2.30. The fourth-order valence-electron chi connectivity index (χ4n) is 1.50. The van der Waals surface area contributed by atoms with Gasteiger partial charge in [0.05, 0.1) is 0 Å². The Bertz CT molecular complexity index is 146. The van der Waals surface area contributed by atoms with Crippen molar-refractivity contribution in [2.24, 2.45) is 11.3 Å². The second-order valence-electron chi connectivity index (χ2n) is 4.52. The Morgan fingerprint density at radius 2 is 2.00 bits per heavy atom. The van der Waals surface area contributed by atoms with Crippen LogP contribution in [0.4, 0.5) is 0 Å². The first-order valence-corrected chi connectivity index (χ1v) is 4.19. The molecule has 0 aromatic rings. The quantitative estimate of drug-likeness (QED) is 0.450. The molecule has 0 spiro atoms. The van der Waals surface area contributed by atoms with Crippen molar-refractivity contribution in [2.45, 2.75) is 40.5 Å². The van der Waals surface area contributed by atoms with E-state index in [0.717, 1.165) is 5.92 Å². The van der Waals surface area contributed by atoms with E-state index in [1.165, 1.54) is 12.8 Å².